The molecule has 0 atom stereocenters. The Morgan fingerprint density at radius 3 is 2.58 bits per heavy atom. The van der Waals surface area contributed by atoms with Crippen LogP contribution in [0.25, 0.3) is 0 Å². The van der Waals surface area contributed by atoms with Crippen LogP contribution in [0.15, 0.2) is 18.2 Å². The minimum atomic E-state index is -0.311. The number of fused-ring (bicyclic) bond motifs is 1. The molecule has 2 aromatic rings. The molecule has 178 valence electrons. The highest BCUT2D eigenvalue weighted by molar-refractivity contribution is 7.17. The number of hydrogen-bond acceptors (Lipinski definition) is 6. The number of benzene rings is 1. The Kier molecular flexibility index (Phi) is 7.71. The van der Waals surface area contributed by atoms with Gasteiger partial charge in [-0.15, -0.1) is 11.3 Å². The Morgan fingerprint density at radius 1 is 1.06 bits per heavy atom. The van der Waals surface area contributed by atoms with Crippen molar-refractivity contribution in [2.24, 2.45) is 0 Å². The van der Waals surface area contributed by atoms with Crippen LogP contribution in [0.2, 0.25) is 0 Å². The van der Waals surface area contributed by atoms with Gasteiger partial charge in [-0.1, -0.05) is 18.6 Å². The van der Waals surface area contributed by atoms with Crippen LogP contribution in [0, 0.1) is 13.8 Å². The molecule has 1 saturated heterocycles. The van der Waals surface area contributed by atoms with E-state index in [0.29, 0.717) is 23.7 Å². The Labute approximate surface area is 200 Å². The number of esters is 1. The number of carbonyl (C=O) groups excluding carboxylic acids is 2. The van der Waals surface area contributed by atoms with Gasteiger partial charge in [0.05, 0.1) is 18.7 Å². The first kappa shape index (κ1) is 23.8. The summed E-state index contributed by atoms with van der Waals surface area (Å²) in [7, 11) is 0. The van der Waals surface area contributed by atoms with Gasteiger partial charge in [0.1, 0.15) is 5.00 Å². The Morgan fingerprint density at radius 2 is 1.82 bits per heavy atom. The molecule has 1 aliphatic heterocycles. The van der Waals surface area contributed by atoms with Crippen LogP contribution in [0.5, 0.6) is 0 Å². The summed E-state index contributed by atoms with van der Waals surface area (Å²) in [5.74, 6) is -0.369. The minimum absolute atomic E-state index is 0.0582. The lowest BCUT2D eigenvalue weighted by Crippen LogP contribution is -2.48. The van der Waals surface area contributed by atoms with Crippen molar-refractivity contribution in [3.05, 3.63) is 45.3 Å². The predicted molar refractivity (Wildman–Crippen MR) is 135 cm³/mol. The first-order chi connectivity index (χ1) is 16.0. The summed E-state index contributed by atoms with van der Waals surface area (Å²) in [6, 6.07) is 6.44. The van der Waals surface area contributed by atoms with E-state index in [-0.39, 0.29) is 11.9 Å². The molecule has 1 aromatic heterocycles. The molecule has 1 fully saturated rings. The molecule has 33 heavy (non-hydrogen) atoms. The second-order valence-corrected chi connectivity index (χ2v) is 10.1. The minimum Gasteiger partial charge on any atom is -0.462 e. The number of amides is 1. The van der Waals surface area contributed by atoms with Crippen LogP contribution in [-0.4, -0.2) is 56.1 Å². The summed E-state index contributed by atoms with van der Waals surface area (Å²) in [6.45, 7) is 10.3. The third-order valence-corrected chi connectivity index (χ3v) is 8.02. The molecule has 7 heteroatoms. The van der Waals surface area contributed by atoms with Crippen molar-refractivity contribution in [3.63, 3.8) is 0 Å². The summed E-state index contributed by atoms with van der Waals surface area (Å²) < 4.78 is 5.34. The van der Waals surface area contributed by atoms with Gasteiger partial charge < -0.3 is 15.0 Å². The number of anilines is 2. The van der Waals surface area contributed by atoms with Crippen molar-refractivity contribution < 1.29 is 14.3 Å². The molecule has 0 saturated carbocycles. The number of aryl methyl sites for hydroxylation is 2. The van der Waals surface area contributed by atoms with Crippen molar-refractivity contribution in [1.82, 2.24) is 4.90 Å². The van der Waals surface area contributed by atoms with E-state index in [1.165, 1.54) is 28.1 Å². The highest BCUT2D eigenvalue weighted by Crippen LogP contribution is 2.38. The van der Waals surface area contributed by atoms with Gasteiger partial charge >= 0.3 is 5.97 Å². The van der Waals surface area contributed by atoms with Gasteiger partial charge in [0, 0.05) is 36.7 Å². The molecular weight excluding hydrogens is 434 g/mol. The zero-order valence-corrected chi connectivity index (χ0v) is 20.9. The maximum Gasteiger partial charge on any atom is 0.341 e. The maximum atomic E-state index is 12.9. The van der Waals surface area contributed by atoms with E-state index in [2.05, 4.69) is 47.2 Å². The van der Waals surface area contributed by atoms with E-state index < -0.39 is 0 Å². The largest absolute Gasteiger partial charge is 0.462 e. The lowest BCUT2D eigenvalue weighted by Gasteiger charge is -2.36. The average Bonchev–Trinajstić information content (AvgIpc) is 2.96. The summed E-state index contributed by atoms with van der Waals surface area (Å²) >= 11 is 1.56. The van der Waals surface area contributed by atoms with Gasteiger partial charge in [0.25, 0.3) is 0 Å². The molecule has 4 rings (SSSR count). The predicted octanol–water partition coefficient (Wildman–Crippen LogP) is 4.57. The van der Waals surface area contributed by atoms with Gasteiger partial charge in [0.2, 0.25) is 5.91 Å². The highest BCUT2D eigenvalue weighted by Gasteiger charge is 2.27. The van der Waals surface area contributed by atoms with Crippen LogP contribution < -0.4 is 10.2 Å². The second-order valence-electron chi connectivity index (χ2n) is 9.02. The molecule has 1 N–H and O–H groups in total. The number of nitrogens with one attached hydrogen (secondary N) is 1. The lowest BCUT2D eigenvalue weighted by molar-refractivity contribution is -0.117. The fraction of sp³-hybridized carbons (Fsp3) is 0.538. The number of nitrogens with zero attached hydrogens (tertiary/aromatic N) is 2. The normalized spacial score (nSPS) is 16.8. The van der Waals surface area contributed by atoms with Crippen molar-refractivity contribution in [2.75, 3.05) is 49.5 Å². The smallest absolute Gasteiger partial charge is 0.341 e. The van der Waals surface area contributed by atoms with Crippen molar-refractivity contribution in [1.29, 1.82) is 0 Å². The molecule has 2 heterocycles. The van der Waals surface area contributed by atoms with Crippen LogP contribution >= 0.6 is 11.3 Å². The Balaban J connectivity index is 1.39. The average molecular weight is 470 g/mol. The summed E-state index contributed by atoms with van der Waals surface area (Å²) in [5.41, 5.74) is 5.60. The Bertz CT molecular complexity index is 1010. The van der Waals surface area contributed by atoms with Crippen LogP contribution in [-0.2, 0) is 22.4 Å². The van der Waals surface area contributed by atoms with E-state index in [9.17, 15) is 9.59 Å². The maximum absolute atomic E-state index is 12.9. The summed E-state index contributed by atoms with van der Waals surface area (Å²) in [6.07, 6.45) is 5.25. The molecule has 6 nitrogen and oxygen atoms in total. The van der Waals surface area contributed by atoms with Crippen LogP contribution in [0.1, 0.15) is 58.1 Å². The van der Waals surface area contributed by atoms with Crippen molar-refractivity contribution >= 4 is 33.9 Å². The highest BCUT2D eigenvalue weighted by atomic mass is 32.1. The fourth-order valence-corrected chi connectivity index (χ4v) is 6.14. The Hall–Kier alpha value is -2.38. The van der Waals surface area contributed by atoms with Gasteiger partial charge in [-0.3, -0.25) is 9.69 Å². The number of hydrogen-bond donors (Lipinski definition) is 1. The lowest BCUT2D eigenvalue weighted by atomic mass is 10.1. The SMILES string of the molecule is CCOC(=O)c1c(NC(=O)CN2CCN(c3cccc(C)c3C)CC2)sc2c1CCCCC2. The topological polar surface area (TPSA) is 61.9 Å². The van der Waals surface area contributed by atoms with E-state index in [0.717, 1.165) is 57.4 Å². The molecule has 0 bridgehead atoms. The number of piperazine rings is 1. The van der Waals surface area contributed by atoms with Crippen LogP contribution in [0.3, 0.4) is 0 Å². The van der Waals surface area contributed by atoms with E-state index in [1.54, 1.807) is 11.3 Å². The summed E-state index contributed by atoms with van der Waals surface area (Å²) in [5, 5.41) is 3.72. The molecule has 1 aromatic carbocycles. The zero-order valence-electron chi connectivity index (χ0n) is 20.0. The molecule has 2 aliphatic rings. The number of rotatable bonds is 6. The van der Waals surface area contributed by atoms with Crippen molar-refractivity contribution in [3.8, 4) is 0 Å². The van der Waals surface area contributed by atoms with Crippen molar-refractivity contribution in [2.45, 2.75) is 52.9 Å². The molecule has 1 aliphatic carbocycles. The zero-order chi connectivity index (χ0) is 23.4. The monoisotopic (exact) mass is 469 g/mol. The number of carbonyl (C=O) groups is 2. The molecule has 0 unspecified atom stereocenters. The standard InChI is InChI=1S/C26H35N3O3S/c1-4-32-26(31)24-20-10-6-5-7-12-22(20)33-25(24)27-23(30)17-28-13-15-29(16-14-28)21-11-8-9-18(2)19(21)3/h8-9,11H,4-7,10,12-17H2,1-3H3,(H,27,30). The van der Waals surface area contributed by atoms with E-state index >= 15 is 0 Å². The third-order valence-electron chi connectivity index (χ3n) is 6.81. The third kappa shape index (κ3) is 5.41. The molecule has 0 radical (unpaired) electrons. The van der Waals surface area contributed by atoms with E-state index in [4.69, 9.17) is 4.74 Å². The fourth-order valence-electron chi connectivity index (χ4n) is 4.84. The van der Waals surface area contributed by atoms with Gasteiger partial charge in [-0.2, -0.15) is 0 Å². The first-order valence-corrected chi connectivity index (χ1v) is 12.9. The second kappa shape index (κ2) is 10.7. The number of thiophene rings is 1. The summed E-state index contributed by atoms with van der Waals surface area (Å²) in [4.78, 5) is 31.5. The van der Waals surface area contributed by atoms with Gasteiger partial charge in [-0.25, -0.2) is 4.79 Å². The van der Waals surface area contributed by atoms with Crippen LogP contribution in [0.4, 0.5) is 10.7 Å². The quantitative estimate of drug-likeness (QED) is 0.496. The van der Waals surface area contributed by atoms with Gasteiger partial charge in [0.15, 0.2) is 0 Å². The molecule has 0 spiro atoms. The molecule has 1 amide bonds. The first-order valence-electron chi connectivity index (χ1n) is 12.1. The number of ether oxygens (including phenoxy) is 1. The molecular formula is C26H35N3O3S. The van der Waals surface area contributed by atoms with E-state index in [1.807, 2.05) is 6.92 Å². The van der Waals surface area contributed by atoms with Gasteiger partial charge in [-0.05, 0) is 69.2 Å².